The number of allylic oxidation sites excluding steroid dienone is 1. The van der Waals surface area contributed by atoms with E-state index in [1.807, 2.05) is 13.0 Å². The van der Waals surface area contributed by atoms with E-state index < -0.39 is 0 Å². The second-order valence-electron chi connectivity index (χ2n) is 7.97. The summed E-state index contributed by atoms with van der Waals surface area (Å²) in [6.07, 6.45) is 8.24. The first-order valence-electron chi connectivity index (χ1n) is 8.85. The van der Waals surface area contributed by atoms with Crippen LogP contribution in [0.2, 0.25) is 0 Å². The number of ether oxygens (including phenoxy) is 1. The Hall–Kier alpha value is -1.32. The Bertz CT molecular complexity index is 423. The molecule has 1 N–H and O–H groups in total. The SMILES string of the molecule is C[C@H]1CCCC(=O)N/C=C\CC[C@H](C)C(=O)O[C@H](C(C)(C)C)C1. The maximum Gasteiger partial charge on any atom is 0.308 e. The first-order valence-corrected chi connectivity index (χ1v) is 8.85. The highest BCUT2D eigenvalue weighted by Gasteiger charge is 2.31. The molecule has 23 heavy (non-hydrogen) atoms. The van der Waals surface area contributed by atoms with Gasteiger partial charge in [-0.3, -0.25) is 9.59 Å². The second-order valence-corrected chi connectivity index (χ2v) is 7.97. The molecule has 0 fully saturated rings. The van der Waals surface area contributed by atoms with E-state index in [2.05, 4.69) is 33.0 Å². The summed E-state index contributed by atoms with van der Waals surface area (Å²) < 4.78 is 5.85. The van der Waals surface area contributed by atoms with Crippen LogP contribution in [0.5, 0.6) is 0 Å². The highest BCUT2D eigenvalue weighted by molar-refractivity contribution is 5.76. The average molecular weight is 323 g/mol. The molecule has 0 radical (unpaired) electrons. The van der Waals surface area contributed by atoms with Gasteiger partial charge in [0.25, 0.3) is 0 Å². The number of carbonyl (C=O) groups is 2. The fourth-order valence-corrected chi connectivity index (χ4v) is 2.70. The summed E-state index contributed by atoms with van der Waals surface area (Å²) in [5.41, 5.74) is -0.0745. The van der Waals surface area contributed by atoms with Gasteiger partial charge in [-0.2, -0.15) is 0 Å². The van der Waals surface area contributed by atoms with E-state index in [4.69, 9.17) is 4.74 Å². The number of hydrogen-bond donors (Lipinski definition) is 1. The minimum Gasteiger partial charge on any atom is -0.462 e. The molecule has 0 aromatic rings. The molecule has 4 heteroatoms. The van der Waals surface area contributed by atoms with Gasteiger partial charge in [-0.1, -0.05) is 47.1 Å². The number of cyclic esters (lactones) is 1. The number of nitrogens with one attached hydrogen (secondary N) is 1. The molecule has 0 aromatic carbocycles. The topological polar surface area (TPSA) is 55.4 Å². The molecular weight excluding hydrogens is 290 g/mol. The van der Waals surface area contributed by atoms with Gasteiger partial charge in [-0.15, -0.1) is 0 Å². The number of rotatable bonds is 0. The summed E-state index contributed by atoms with van der Waals surface area (Å²) in [6.45, 7) is 10.4. The molecule has 0 saturated carbocycles. The Morgan fingerprint density at radius 2 is 1.87 bits per heavy atom. The second kappa shape index (κ2) is 9.09. The number of amides is 1. The third-order valence-electron chi connectivity index (χ3n) is 4.47. The Morgan fingerprint density at radius 1 is 1.17 bits per heavy atom. The third-order valence-corrected chi connectivity index (χ3v) is 4.47. The Balaban J connectivity index is 2.80. The summed E-state index contributed by atoms with van der Waals surface area (Å²) in [7, 11) is 0. The fourth-order valence-electron chi connectivity index (χ4n) is 2.70. The molecule has 1 rings (SSSR count). The monoisotopic (exact) mass is 323 g/mol. The lowest BCUT2D eigenvalue weighted by atomic mass is 9.82. The molecule has 132 valence electrons. The smallest absolute Gasteiger partial charge is 0.308 e. The van der Waals surface area contributed by atoms with E-state index in [0.717, 1.165) is 32.1 Å². The summed E-state index contributed by atoms with van der Waals surface area (Å²) in [5, 5.41) is 2.79. The zero-order valence-corrected chi connectivity index (χ0v) is 15.4. The average Bonchev–Trinajstić information content (AvgIpc) is 2.44. The van der Waals surface area contributed by atoms with Gasteiger partial charge in [-0.25, -0.2) is 0 Å². The van der Waals surface area contributed by atoms with E-state index in [1.165, 1.54) is 0 Å². The van der Waals surface area contributed by atoms with Gasteiger partial charge in [0.2, 0.25) is 5.91 Å². The van der Waals surface area contributed by atoms with Crippen LogP contribution in [0, 0.1) is 17.3 Å². The highest BCUT2D eigenvalue weighted by atomic mass is 16.5. The summed E-state index contributed by atoms with van der Waals surface area (Å²) in [5.74, 6) is 0.261. The quantitative estimate of drug-likeness (QED) is 0.680. The number of hydrogen-bond acceptors (Lipinski definition) is 3. The van der Waals surface area contributed by atoms with Gasteiger partial charge in [0.05, 0.1) is 5.92 Å². The number of esters is 1. The van der Waals surface area contributed by atoms with Crippen molar-refractivity contribution in [2.45, 2.75) is 79.2 Å². The van der Waals surface area contributed by atoms with Gasteiger partial charge in [0.15, 0.2) is 0 Å². The van der Waals surface area contributed by atoms with E-state index in [-0.39, 0.29) is 29.3 Å². The van der Waals surface area contributed by atoms with Gasteiger partial charge in [0.1, 0.15) is 6.10 Å². The Kier molecular flexibility index (Phi) is 7.80. The van der Waals surface area contributed by atoms with Crippen molar-refractivity contribution in [1.82, 2.24) is 5.32 Å². The van der Waals surface area contributed by atoms with E-state index >= 15 is 0 Å². The molecule has 0 aliphatic carbocycles. The van der Waals surface area contributed by atoms with Crippen molar-refractivity contribution in [3.63, 3.8) is 0 Å². The molecule has 0 saturated heterocycles. The molecule has 3 atom stereocenters. The predicted octanol–water partition coefficient (Wildman–Crippen LogP) is 4.20. The minimum atomic E-state index is -0.124. The van der Waals surface area contributed by atoms with Crippen LogP contribution in [0.1, 0.15) is 73.1 Å². The van der Waals surface area contributed by atoms with Crippen LogP contribution in [-0.2, 0) is 14.3 Å². The molecule has 1 heterocycles. The highest BCUT2D eigenvalue weighted by Crippen LogP contribution is 2.30. The molecule has 1 amide bonds. The first-order chi connectivity index (χ1) is 10.7. The van der Waals surface area contributed by atoms with Crippen LogP contribution in [0.4, 0.5) is 0 Å². The van der Waals surface area contributed by atoms with Crippen molar-refractivity contribution in [2.24, 2.45) is 17.3 Å². The van der Waals surface area contributed by atoms with Crippen LogP contribution in [0.25, 0.3) is 0 Å². The summed E-state index contributed by atoms with van der Waals surface area (Å²) in [6, 6.07) is 0. The van der Waals surface area contributed by atoms with Crippen LogP contribution < -0.4 is 5.32 Å². The fraction of sp³-hybridized carbons (Fsp3) is 0.789. The number of carbonyl (C=O) groups excluding carboxylic acids is 2. The van der Waals surface area contributed by atoms with E-state index in [0.29, 0.717) is 12.3 Å². The molecule has 1 aliphatic heterocycles. The lowest BCUT2D eigenvalue weighted by Crippen LogP contribution is -2.35. The van der Waals surface area contributed by atoms with Crippen LogP contribution in [0.15, 0.2) is 12.3 Å². The summed E-state index contributed by atoms with van der Waals surface area (Å²) >= 11 is 0. The van der Waals surface area contributed by atoms with Gasteiger partial charge in [0, 0.05) is 6.42 Å². The molecule has 1 aliphatic rings. The van der Waals surface area contributed by atoms with Gasteiger partial charge < -0.3 is 10.1 Å². The lowest BCUT2D eigenvalue weighted by Gasteiger charge is -2.33. The maximum atomic E-state index is 12.4. The van der Waals surface area contributed by atoms with Crippen molar-refractivity contribution in [3.8, 4) is 0 Å². The van der Waals surface area contributed by atoms with Gasteiger partial charge >= 0.3 is 5.97 Å². The standard InChI is InChI=1S/C19H33NO3/c1-14-9-8-11-17(21)20-12-7-6-10-15(2)18(22)23-16(13-14)19(3,4)5/h7,12,14-16H,6,8-11,13H2,1-5H3,(H,20,21)/b12-7-/t14-,15-,16-/m0/s1. The van der Waals surface area contributed by atoms with Crippen LogP contribution in [-0.4, -0.2) is 18.0 Å². The molecule has 4 nitrogen and oxygen atoms in total. The van der Waals surface area contributed by atoms with Crippen molar-refractivity contribution in [3.05, 3.63) is 12.3 Å². The molecule has 0 spiro atoms. The maximum absolute atomic E-state index is 12.4. The van der Waals surface area contributed by atoms with Crippen molar-refractivity contribution >= 4 is 11.9 Å². The third kappa shape index (κ3) is 7.67. The van der Waals surface area contributed by atoms with Crippen LogP contribution in [0.3, 0.4) is 0 Å². The Morgan fingerprint density at radius 3 is 2.52 bits per heavy atom. The van der Waals surface area contributed by atoms with E-state index in [1.54, 1.807) is 6.20 Å². The largest absolute Gasteiger partial charge is 0.462 e. The molecule has 0 unspecified atom stereocenters. The predicted molar refractivity (Wildman–Crippen MR) is 92.6 cm³/mol. The first kappa shape index (κ1) is 19.7. The zero-order valence-electron chi connectivity index (χ0n) is 15.4. The van der Waals surface area contributed by atoms with Crippen molar-refractivity contribution in [1.29, 1.82) is 0 Å². The normalized spacial score (nSPS) is 30.6. The van der Waals surface area contributed by atoms with Crippen molar-refractivity contribution < 1.29 is 14.3 Å². The van der Waals surface area contributed by atoms with E-state index in [9.17, 15) is 9.59 Å². The van der Waals surface area contributed by atoms with Crippen LogP contribution >= 0.6 is 0 Å². The Labute approximate surface area is 141 Å². The minimum absolute atomic E-state index is 0.0658. The lowest BCUT2D eigenvalue weighted by molar-refractivity contribution is -0.160. The van der Waals surface area contributed by atoms with Gasteiger partial charge in [-0.05, 0) is 43.2 Å². The van der Waals surface area contributed by atoms with Crippen molar-refractivity contribution in [2.75, 3.05) is 0 Å². The summed E-state index contributed by atoms with van der Waals surface area (Å²) in [4.78, 5) is 24.1. The molecule has 0 bridgehead atoms. The molecule has 0 aromatic heterocycles. The molecular formula is C19H33NO3. The zero-order chi connectivity index (χ0) is 17.5.